The highest BCUT2D eigenvalue weighted by Gasteiger charge is 2.18. The van der Waals surface area contributed by atoms with Crippen LogP contribution in [0, 0.1) is 6.92 Å². The fourth-order valence-corrected chi connectivity index (χ4v) is 4.82. The van der Waals surface area contributed by atoms with Crippen LogP contribution in [0.5, 0.6) is 0 Å². The Morgan fingerprint density at radius 2 is 2.25 bits per heavy atom. The molecule has 0 unspecified atom stereocenters. The highest BCUT2D eigenvalue weighted by atomic mass is 79.9. The van der Waals surface area contributed by atoms with Crippen molar-refractivity contribution in [2.75, 3.05) is 11.1 Å². The van der Waals surface area contributed by atoms with Gasteiger partial charge in [0.05, 0.1) is 10.6 Å². The van der Waals surface area contributed by atoms with E-state index in [-0.39, 0.29) is 5.91 Å². The number of thioether (sulfide) groups is 1. The summed E-state index contributed by atoms with van der Waals surface area (Å²) in [5.74, 6) is 2.19. The second-order valence-corrected chi connectivity index (χ2v) is 7.79. The number of aryl methyl sites for hydroxylation is 2. The van der Waals surface area contributed by atoms with Gasteiger partial charge in [-0.25, -0.2) is 0 Å². The third-order valence-corrected chi connectivity index (χ3v) is 6.59. The van der Waals surface area contributed by atoms with Crippen LogP contribution in [0.25, 0.3) is 0 Å². The third kappa shape index (κ3) is 2.80. The molecule has 1 amide bonds. The lowest BCUT2D eigenvalue weighted by Gasteiger charge is -2.08. The monoisotopic (exact) mass is 367 g/mol. The van der Waals surface area contributed by atoms with Gasteiger partial charge in [0.15, 0.2) is 0 Å². The minimum Gasteiger partial charge on any atom is -0.320 e. The summed E-state index contributed by atoms with van der Waals surface area (Å²) in [6, 6.07) is 7.93. The molecular formula is C15H14BrNOS2. The molecule has 1 aromatic carbocycles. The van der Waals surface area contributed by atoms with E-state index < -0.39 is 0 Å². The van der Waals surface area contributed by atoms with Gasteiger partial charge >= 0.3 is 0 Å². The number of rotatable bonds is 2. The highest BCUT2D eigenvalue weighted by Crippen LogP contribution is 2.33. The molecule has 0 bridgehead atoms. The lowest BCUT2D eigenvalue weighted by molar-refractivity contribution is 0.103. The van der Waals surface area contributed by atoms with E-state index in [4.69, 9.17) is 0 Å². The van der Waals surface area contributed by atoms with E-state index in [1.165, 1.54) is 10.4 Å². The zero-order chi connectivity index (χ0) is 14.1. The Bertz CT molecular complexity index is 642. The van der Waals surface area contributed by atoms with Crippen molar-refractivity contribution in [3.63, 3.8) is 0 Å². The first-order chi connectivity index (χ1) is 9.65. The average Bonchev–Trinajstić information content (AvgIpc) is 2.88. The highest BCUT2D eigenvalue weighted by molar-refractivity contribution is 9.10. The van der Waals surface area contributed by atoms with E-state index in [0.29, 0.717) is 0 Å². The topological polar surface area (TPSA) is 29.1 Å². The van der Waals surface area contributed by atoms with Gasteiger partial charge in [-0.2, -0.15) is 11.8 Å². The maximum atomic E-state index is 12.4. The molecule has 0 atom stereocenters. The van der Waals surface area contributed by atoms with E-state index in [1.54, 1.807) is 11.3 Å². The Morgan fingerprint density at radius 3 is 3.05 bits per heavy atom. The van der Waals surface area contributed by atoms with Gasteiger partial charge in [-0.15, -0.1) is 11.3 Å². The Labute approximate surface area is 135 Å². The summed E-state index contributed by atoms with van der Waals surface area (Å²) in [7, 11) is 0. The summed E-state index contributed by atoms with van der Waals surface area (Å²) < 4.78 is 0.949. The van der Waals surface area contributed by atoms with Gasteiger partial charge in [0, 0.05) is 15.1 Å². The van der Waals surface area contributed by atoms with Gasteiger partial charge in [-0.1, -0.05) is 12.1 Å². The number of hydrogen-bond acceptors (Lipinski definition) is 3. The lowest BCUT2D eigenvalue weighted by Crippen LogP contribution is -2.10. The molecule has 0 spiro atoms. The van der Waals surface area contributed by atoms with Crippen LogP contribution < -0.4 is 5.32 Å². The molecule has 0 radical (unpaired) electrons. The van der Waals surface area contributed by atoms with Crippen molar-refractivity contribution in [3.05, 3.63) is 49.6 Å². The van der Waals surface area contributed by atoms with Gasteiger partial charge in [-0.3, -0.25) is 4.79 Å². The Balaban J connectivity index is 1.82. The van der Waals surface area contributed by atoms with Crippen LogP contribution >= 0.6 is 39.0 Å². The molecule has 1 aliphatic rings. The summed E-state index contributed by atoms with van der Waals surface area (Å²) in [5.41, 5.74) is 3.28. The predicted octanol–water partition coefficient (Wildman–Crippen LogP) is 4.86. The first-order valence-electron chi connectivity index (χ1n) is 6.41. The molecule has 2 aromatic rings. The van der Waals surface area contributed by atoms with E-state index in [2.05, 4.69) is 21.2 Å². The zero-order valence-corrected chi connectivity index (χ0v) is 14.3. The molecule has 0 saturated carbocycles. The number of benzene rings is 1. The van der Waals surface area contributed by atoms with Crippen LogP contribution in [0.15, 0.2) is 28.7 Å². The quantitative estimate of drug-likeness (QED) is 0.820. The molecule has 0 fully saturated rings. The number of nitrogens with one attached hydrogen (secondary N) is 1. The smallest absolute Gasteiger partial charge is 0.265 e. The van der Waals surface area contributed by atoms with Gasteiger partial charge in [-0.05, 0) is 58.3 Å². The van der Waals surface area contributed by atoms with Crippen molar-refractivity contribution < 1.29 is 4.79 Å². The van der Waals surface area contributed by atoms with E-state index in [1.807, 2.05) is 43.0 Å². The van der Waals surface area contributed by atoms with Gasteiger partial charge < -0.3 is 5.32 Å². The maximum Gasteiger partial charge on any atom is 0.265 e. The lowest BCUT2D eigenvalue weighted by atomic mass is 10.2. The maximum absolute atomic E-state index is 12.4. The van der Waals surface area contributed by atoms with E-state index in [9.17, 15) is 4.79 Å². The summed E-state index contributed by atoms with van der Waals surface area (Å²) >= 11 is 7.09. The molecule has 2 nitrogen and oxygen atoms in total. The van der Waals surface area contributed by atoms with Crippen LogP contribution in [-0.2, 0) is 12.2 Å². The minimum absolute atomic E-state index is 0.0132. The molecule has 3 rings (SSSR count). The Kier molecular flexibility index (Phi) is 4.19. The molecule has 1 aromatic heterocycles. The van der Waals surface area contributed by atoms with E-state index >= 15 is 0 Å². The van der Waals surface area contributed by atoms with Crippen molar-refractivity contribution in [1.29, 1.82) is 0 Å². The number of amides is 1. The minimum atomic E-state index is -0.0132. The van der Waals surface area contributed by atoms with Crippen molar-refractivity contribution in [1.82, 2.24) is 0 Å². The largest absolute Gasteiger partial charge is 0.320 e. The summed E-state index contributed by atoms with van der Waals surface area (Å²) in [5, 5.41) is 2.99. The molecule has 1 N–H and O–H groups in total. The third-order valence-electron chi connectivity index (χ3n) is 3.29. The summed E-state index contributed by atoms with van der Waals surface area (Å²) in [6.45, 7) is 2.01. The molecule has 0 aliphatic carbocycles. The van der Waals surface area contributed by atoms with Crippen LogP contribution in [0.2, 0.25) is 0 Å². The van der Waals surface area contributed by atoms with Crippen molar-refractivity contribution in [3.8, 4) is 0 Å². The molecule has 1 aliphatic heterocycles. The van der Waals surface area contributed by atoms with E-state index in [0.717, 1.165) is 38.5 Å². The second-order valence-electron chi connectivity index (χ2n) is 4.75. The van der Waals surface area contributed by atoms with Gasteiger partial charge in [0.1, 0.15) is 0 Å². The first kappa shape index (κ1) is 14.2. The number of fused-ring (bicyclic) bond motifs is 1. The fourth-order valence-electron chi connectivity index (χ4n) is 2.19. The first-order valence-corrected chi connectivity index (χ1v) is 9.17. The van der Waals surface area contributed by atoms with Gasteiger partial charge in [0.2, 0.25) is 0 Å². The van der Waals surface area contributed by atoms with Crippen LogP contribution in [0.1, 0.15) is 25.7 Å². The molecule has 104 valence electrons. The Hall–Kier alpha value is -0.780. The molecule has 2 heterocycles. The summed E-state index contributed by atoms with van der Waals surface area (Å²) in [4.78, 5) is 14.6. The fraction of sp³-hybridized carbons (Fsp3) is 0.267. The number of anilines is 1. The van der Waals surface area contributed by atoms with Crippen molar-refractivity contribution in [2.45, 2.75) is 19.1 Å². The van der Waals surface area contributed by atoms with Crippen molar-refractivity contribution in [2.24, 2.45) is 0 Å². The predicted molar refractivity (Wildman–Crippen MR) is 91.0 cm³/mol. The standard InChI is InChI=1S/C15H14BrNOS2/c1-9-3-2-4-11(14(9)16)17-15(18)13-7-10-8-19-6-5-12(10)20-13/h2-4,7H,5-6,8H2,1H3,(H,17,18). The summed E-state index contributed by atoms with van der Waals surface area (Å²) in [6.07, 6.45) is 1.09. The Morgan fingerprint density at radius 1 is 1.40 bits per heavy atom. The molecular weight excluding hydrogens is 354 g/mol. The second kappa shape index (κ2) is 5.92. The van der Waals surface area contributed by atoms with Crippen LogP contribution in [0.4, 0.5) is 5.69 Å². The molecule has 0 saturated heterocycles. The van der Waals surface area contributed by atoms with Crippen LogP contribution in [0.3, 0.4) is 0 Å². The number of thiophene rings is 1. The average molecular weight is 368 g/mol. The number of halogens is 1. The number of hydrogen-bond donors (Lipinski definition) is 1. The van der Waals surface area contributed by atoms with Crippen LogP contribution in [-0.4, -0.2) is 11.7 Å². The van der Waals surface area contributed by atoms with Gasteiger partial charge in [0.25, 0.3) is 5.91 Å². The van der Waals surface area contributed by atoms with Crippen molar-refractivity contribution >= 4 is 50.6 Å². The molecule has 5 heteroatoms. The SMILES string of the molecule is Cc1cccc(NC(=O)c2cc3c(s2)CCSC3)c1Br. The number of carbonyl (C=O) groups excluding carboxylic acids is 1. The molecule has 20 heavy (non-hydrogen) atoms. The normalized spacial score (nSPS) is 13.9. The zero-order valence-electron chi connectivity index (χ0n) is 11.0. The number of carbonyl (C=O) groups is 1.